The number of hydrogen-bond acceptors (Lipinski definition) is 3. The molecule has 0 unspecified atom stereocenters. The minimum Gasteiger partial charge on any atom is -0.325 e. The molecular weight excluding hydrogens is 280 g/mol. The molecule has 0 atom stereocenters. The third-order valence-corrected chi connectivity index (χ3v) is 3.89. The van der Waals surface area contributed by atoms with E-state index in [1.807, 2.05) is 30.3 Å². The van der Waals surface area contributed by atoms with Gasteiger partial charge in [0.25, 0.3) is 0 Å². The molecule has 0 bridgehead atoms. The van der Waals surface area contributed by atoms with Crippen LogP contribution in [0.25, 0.3) is 0 Å². The summed E-state index contributed by atoms with van der Waals surface area (Å²) in [6, 6.07) is 11.2. The average molecular weight is 293 g/mol. The molecule has 0 aliphatic carbocycles. The highest BCUT2D eigenvalue weighted by molar-refractivity contribution is 7.99. The number of thioether (sulfide) groups is 1. The molecule has 3 nitrogen and oxygen atoms in total. The molecule has 1 amide bonds. The third kappa shape index (κ3) is 4.58. The van der Waals surface area contributed by atoms with Crippen molar-refractivity contribution >= 4 is 35.0 Å². The zero-order valence-electron chi connectivity index (χ0n) is 10.2. The maximum atomic E-state index is 11.7. The van der Waals surface area contributed by atoms with E-state index in [4.69, 9.17) is 11.6 Å². The first-order valence-corrected chi connectivity index (χ1v) is 7.19. The Labute approximate surface area is 121 Å². The molecule has 1 heterocycles. The minimum absolute atomic E-state index is 0.0208. The Morgan fingerprint density at radius 3 is 2.84 bits per heavy atom. The number of hydrogen-bond donors (Lipinski definition) is 1. The predicted octanol–water partition coefficient (Wildman–Crippen LogP) is 3.86. The van der Waals surface area contributed by atoms with Crippen molar-refractivity contribution in [2.75, 3.05) is 11.1 Å². The fraction of sp³-hybridized carbons (Fsp3) is 0.143. The van der Waals surface area contributed by atoms with Crippen LogP contribution in [0.5, 0.6) is 0 Å². The summed E-state index contributed by atoms with van der Waals surface area (Å²) < 4.78 is 0. The van der Waals surface area contributed by atoms with Gasteiger partial charge < -0.3 is 5.32 Å². The Kier molecular flexibility index (Phi) is 5.24. The van der Waals surface area contributed by atoms with E-state index in [2.05, 4.69) is 10.3 Å². The fourth-order valence-electron chi connectivity index (χ4n) is 1.48. The van der Waals surface area contributed by atoms with Gasteiger partial charge in [-0.05, 0) is 24.3 Å². The van der Waals surface area contributed by atoms with Crippen LogP contribution in [0.1, 0.15) is 6.42 Å². The van der Waals surface area contributed by atoms with Gasteiger partial charge in [-0.3, -0.25) is 9.78 Å². The van der Waals surface area contributed by atoms with Crippen molar-refractivity contribution in [1.82, 2.24) is 4.98 Å². The highest BCUT2D eigenvalue weighted by Gasteiger charge is 2.04. The summed E-state index contributed by atoms with van der Waals surface area (Å²) in [4.78, 5) is 16.6. The summed E-state index contributed by atoms with van der Waals surface area (Å²) in [6.07, 6.45) is 3.73. The van der Waals surface area contributed by atoms with Crippen LogP contribution in [0.3, 0.4) is 0 Å². The number of amides is 1. The normalized spacial score (nSPS) is 10.2. The highest BCUT2D eigenvalue weighted by Crippen LogP contribution is 2.26. The lowest BCUT2D eigenvalue weighted by Crippen LogP contribution is -2.12. The zero-order chi connectivity index (χ0) is 13.5. The molecule has 0 aliphatic rings. The number of nitrogens with zero attached hydrogens (tertiary/aromatic N) is 1. The van der Waals surface area contributed by atoms with Crippen molar-refractivity contribution in [3.05, 3.63) is 53.8 Å². The largest absolute Gasteiger partial charge is 0.325 e. The van der Waals surface area contributed by atoms with Gasteiger partial charge in [-0.15, -0.1) is 11.8 Å². The molecular formula is C14H13ClN2OS. The van der Waals surface area contributed by atoms with Crippen molar-refractivity contribution in [2.45, 2.75) is 11.3 Å². The number of carbonyl (C=O) groups excluding carboxylic acids is 1. The molecule has 0 radical (unpaired) electrons. The van der Waals surface area contributed by atoms with Crippen LogP contribution in [0, 0.1) is 0 Å². The van der Waals surface area contributed by atoms with Gasteiger partial charge >= 0.3 is 0 Å². The van der Waals surface area contributed by atoms with E-state index in [1.54, 1.807) is 30.2 Å². The van der Waals surface area contributed by atoms with Crippen molar-refractivity contribution in [3.8, 4) is 0 Å². The van der Waals surface area contributed by atoms with E-state index in [1.165, 1.54) is 0 Å². The van der Waals surface area contributed by atoms with Crippen LogP contribution in [0.4, 0.5) is 5.69 Å². The first-order chi connectivity index (χ1) is 9.25. The van der Waals surface area contributed by atoms with E-state index in [9.17, 15) is 4.79 Å². The molecule has 0 aliphatic heterocycles. The predicted molar refractivity (Wildman–Crippen MR) is 79.7 cm³/mol. The van der Waals surface area contributed by atoms with Gasteiger partial charge in [0.05, 0.1) is 16.9 Å². The molecule has 0 saturated heterocycles. The summed E-state index contributed by atoms with van der Waals surface area (Å²) in [6.45, 7) is 0. The molecule has 1 aromatic carbocycles. The molecule has 2 rings (SSSR count). The Hall–Kier alpha value is -1.52. The number of nitrogens with one attached hydrogen (secondary N) is 1. The van der Waals surface area contributed by atoms with E-state index in [0.717, 1.165) is 15.6 Å². The lowest BCUT2D eigenvalue weighted by molar-refractivity contribution is -0.115. The maximum Gasteiger partial charge on any atom is 0.225 e. The van der Waals surface area contributed by atoms with Crippen LogP contribution in [-0.4, -0.2) is 16.6 Å². The lowest BCUT2D eigenvalue weighted by atomic mass is 10.4. The molecule has 1 aromatic heterocycles. The second-order valence-electron chi connectivity index (χ2n) is 3.82. The van der Waals surface area contributed by atoms with E-state index in [-0.39, 0.29) is 5.91 Å². The van der Waals surface area contributed by atoms with Crippen LogP contribution >= 0.6 is 23.4 Å². The molecule has 2 aromatic rings. The number of rotatable bonds is 5. The number of anilines is 1. The van der Waals surface area contributed by atoms with Gasteiger partial charge in [-0.1, -0.05) is 23.7 Å². The van der Waals surface area contributed by atoms with E-state index >= 15 is 0 Å². The average Bonchev–Trinajstić information content (AvgIpc) is 2.42. The minimum atomic E-state index is -0.0208. The lowest BCUT2D eigenvalue weighted by Gasteiger charge is -2.05. The van der Waals surface area contributed by atoms with Crippen molar-refractivity contribution in [3.63, 3.8) is 0 Å². The first kappa shape index (κ1) is 13.9. The smallest absolute Gasteiger partial charge is 0.225 e. The number of pyridine rings is 1. The maximum absolute atomic E-state index is 11.7. The Balaban J connectivity index is 1.77. The Morgan fingerprint density at radius 2 is 2.11 bits per heavy atom. The second kappa shape index (κ2) is 7.16. The Bertz CT molecular complexity index is 548. The number of aromatic nitrogens is 1. The van der Waals surface area contributed by atoms with E-state index in [0.29, 0.717) is 12.2 Å². The van der Waals surface area contributed by atoms with Gasteiger partial charge in [0, 0.05) is 23.3 Å². The molecule has 0 saturated carbocycles. The highest BCUT2D eigenvalue weighted by atomic mass is 35.5. The standard InChI is InChI=1S/C14H13ClN2OS/c15-12-5-1-2-6-13(12)19-9-7-14(18)17-11-4-3-8-16-10-11/h1-6,8,10H,7,9H2,(H,17,18). The van der Waals surface area contributed by atoms with Crippen LogP contribution in [-0.2, 0) is 4.79 Å². The quantitative estimate of drug-likeness (QED) is 0.851. The summed E-state index contributed by atoms with van der Waals surface area (Å²) >= 11 is 7.62. The number of halogens is 1. The van der Waals surface area contributed by atoms with Crippen LogP contribution in [0.2, 0.25) is 5.02 Å². The third-order valence-electron chi connectivity index (χ3n) is 2.37. The molecule has 98 valence electrons. The molecule has 5 heteroatoms. The number of carbonyl (C=O) groups is 1. The van der Waals surface area contributed by atoms with Crippen molar-refractivity contribution in [2.24, 2.45) is 0 Å². The SMILES string of the molecule is O=C(CCSc1ccccc1Cl)Nc1cccnc1. The molecule has 1 N–H and O–H groups in total. The van der Waals surface area contributed by atoms with Crippen LogP contribution in [0.15, 0.2) is 53.7 Å². The van der Waals surface area contributed by atoms with Crippen molar-refractivity contribution < 1.29 is 4.79 Å². The molecule has 0 fully saturated rings. The van der Waals surface area contributed by atoms with Gasteiger partial charge in [0.1, 0.15) is 0 Å². The second-order valence-corrected chi connectivity index (χ2v) is 5.36. The van der Waals surface area contributed by atoms with E-state index < -0.39 is 0 Å². The molecule has 19 heavy (non-hydrogen) atoms. The van der Waals surface area contributed by atoms with Gasteiger partial charge in [-0.25, -0.2) is 0 Å². The summed E-state index contributed by atoms with van der Waals surface area (Å²) in [5, 5.41) is 3.52. The van der Waals surface area contributed by atoms with Gasteiger partial charge in [0.15, 0.2) is 0 Å². The first-order valence-electron chi connectivity index (χ1n) is 5.83. The number of benzene rings is 1. The summed E-state index contributed by atoms with van der Waals surface area (Å²) in [5.41, 5.74) is 0.718. The van der Waals surface area contributed by atoms with Gasteiger partial charge in [0.2, 0.25) is 5.91 Å². The fourth-order valence-corrected chi connectivity index (χ4v) is 2.66. The van der Waals surface area contributed by atoms with Gasteiger partial charge in [-0.2, -0.15) is 0 Å². The summed E-state index contributed by atoms with van der Waals surface area (Å²) in [7, 11) is 0. The van der Waals surface area contributed by atoms with Crippen molar-refractivity contribution in [1.29, 1.82) is 0 Å². The monoisotopic (exact) mass is 292 g/mol. The summed E-state index contributed by atoms with van der Waals surface area (Å²) in [5.74, 6) is 0.670. The topological polar surface area (TPSA) is 42.0 Å². The molecule has 0 spiro atoms. The Morgan fingerprint density at radius 1 is 1.26 bits per heavy atom. The van der Waals surface area contributed by atoms with Crippen LogP contribution < -0.4 is 5.32 Å². The zero-order valence-corrected chi connectivity index (χ0v) is 11.7.